The molecule has 1 aliphatic rings. The number of hydrogen-bond acceptors (Lipinski definition) is 2. The van der Waals surface area contributed by atoms with Crippen LogP contribution in [0.15, 0.2) is 24.1 Å². The van der Waals surface area contributed by atoms with E-state index in [1.54, 1.807) is 0 Å². The van der Waals surface area contributed by atoms with E-state index in [4.69, 9.17) is 4.43 Å². The fourth-order valence-corrected chi connectivity index (χ4v) is 3.74. The fraction of sp³-hybridized carbons (Fsp3) is 0.765. The van der Waals surface area contributed by atoms with Crippen LogP contribution in [0, 0.1) is 0 Å². The van der Waals surface area contributed by atoms with E-state index in [1.165, 1.54) is 19.3 Å². The summed E-state index contributed by atoms with van der Waals surface area (Å²) in [6, 6.07) is 0. The van der Waals surface area contributed by atoms with Gasteiger partial charge in [0.2, 0.25) is 8.32 Å². The van der Waals surface area contributed by atoms with Crippen molar-refractivity contribution in [2.75, 3.05) is 13.1 Å². The molecule has 1 fully saturated rings. The Labute approximate surface area is 134 Å². The van der Waals surface area contributed by atoms with Crippen molar-refractivity contribution in [3.63, 3.8) is 0 Å². The summed E-state index contributed by atoms with van der Waals surface area (Å²) in [4.78, 5) is 2.44. The Bertz CT molecular complexity index is 371. The Morgan fingerprint density at radius 1 is 1.00 bits per heavy atom. The maximum Gasteiger partial charge on any atom is 0.244 e. The van der Waals surface area contributed by atoms with Crippen molar-refractivity contribution in [1.82, 2.24) is 4.90 Å². The highest BCUT2D eigenvalue weighted by Crippen LogP contribution is 2.23. The molecule has 1 saturated heterocycles. The Morgan fingerprint density at radius 2 is 1.57 bits per heavy atom. The Morgan fingerprint density at radius 3 is 2.05 bits per heavy atom. The van der Waals surface area contributed by atoms with Gasteiger partial charge >= 0.3 is 0 Å². The first-order valence-corrected chi connectivity index (χ1v) is 15.4. The molecule has 1 rings (SSSR count). The zero-order chi connectivity index (χ0) is 16.1. The molecule has 0 aromatic carbocycles. The predicted molar refractivity (Wildman–Crippen MR) is 99.8 cm³/mol. The van der Waals surface area contributed by atoms with Gasteiger partial charge in [0.25, 0.3) is 0 Å². The van der Waals surface area contributed by atoms with E-state index in [0.29, 0.717) is 5.54 Å². The Balaban J connectivity index is 2.79. The summed E-state index contributed by atoms with van der Waals surface area (Å²) < 4.78 is 6.33. The molecule has 0 aromatic heterocycles. The lowest BCUT2D eigenvalue weighted by molar-refractivity contribution is 0.184. The molecule has 0 bridgehead atoms. The topological polar surface area (TPSA) is 12.5 Å². The summed E-state index contributed by atoms with van der Waals surface area (Å²) in [5, 5.41) is 0. The van der Waals surface area contributed by atoms with Crippen LogP contribution in [0.25, 0.3) is 0 Å². The van der Waals surface area contributed by atoms with Gasteiger partial charge in [-0.3, -0.25) is 0 Å². The molecule has 1 unspecified atom stereocenters. The van der Waals surface area contributed by atoms with Crippen molar-refractivity contribution in [2.24, 2.45) is 0 Å². The molecule has 0 spiro atoms. The van der Waals surface area contributed by atoms with Crippen molar-refractivity contribution >= 4 is 16.4 Å². The molecule has 21 heavy (non-hydrogen) atoms. The van der Waals surface area contributed by atoms with E-state index in [9.17, 15) is 0 Å². The lowest BCUT2D eigenvalue weighted by atomic mass is 10.1. The van der Waals surface area contributed by atoms with Crippen LogP contribution in [0.3, 0.4) is 0 Å². The molecule has 0 saturated carbocycles. The first kappa shape index (κ1) is 18.6. The minimum atomic E-state index is -1.55. The van der Waals surface area contributed by atoms with Crippen LogP contribution in [0.4, 0.5) is 0 Å². The summed E-state index contributed by atoms with van der Waals surface area (Å²) in [5.41, 5.74) is 0.697. The van der Waals surface area contributed by atoms with Gasteiger partial charge in [-0.1, -0.05) is 38.7 Å². The van der Waals surface area contributed by atoms with E-state index in [0.717, 1.165) is 19.0 Å². The fourth-order valence-electron chi connectivity index (χ4n) is 2.23. The third-order valence-electron chi connectivity index (χ3n) is 4.08. The Hall–Kier alpha value is -0.486. The van der Waals surface area contributed by atoms with Gasteiger partial charge in [-0.2, -0.15) is 0 Å². The van der Waals surface area contributed by atoms with Crippen LogP contribution in [0.1, 0.15) is 26.2 Å². The van der Waals surface area contributed by atoms with Gasteiger partial charge in [0.05, 0.1) is 8.07 Å². The van der Waals surface area contributed by atoms with Crippen molar-refractivity contribution in [3.8, 4) is 0 Å². The van der Waals surface area contributed by atoms with Gasteiger partial charge in [-0.15, -0.1) is 0 Å². The van der Waals surface area contributed by atoms with Gasteiger partial charge < -0.3 is 9.33 Å². The second kappa shape index (κ2) is 7.68. The number of nitrogens with zero attached hydrogens (tertiary/aromatic N) is 1. The molecule has 0 N–H and O–H groups in total. The molecule has 4 heteroatoms. The highest BCUT2D eigenvalue weighted by molar-refractivity contribution is 6.77. The summed E-state index contributed by atoms with van der Waals surface area (Å²) >= 11 is 0. The number of hydrogen-bond donors (Lipinski definition) is 0. The second-order valence-electron chi connectivity index (χ2n) is 8.31. The first-order valence-electron chi connectivity index (χ1n) is 8.42. The minimum absolute atomic E-state index is 0.697. The summed E-state index contributed by atoms with van der Waals surface area (Å²) in [6.07, 6.45) is 10.7. The predicted octanol–water partition coefficient (Wildman–Crippen LogP) is 5.45. The van der Waals surface area contributed by atoms with Gasteiger partial charge in [0, 0.05) is 13.1 Å². The van der Waals surface area contributed by atoms with Crippen molar-refractivity contribution < 1.29 is 4.43 Å². The molecule has 1 heterocycles. The van der Waals surface area contributed by atoms with Crippen molar-refractivity contribution in [3.05, 3.63) is 24.1 Å². The monoisotopic (exact) mass is 325 g/mol. The summed E-state index contributed by atoms with van der Waals surface area (Å²) in [7, 11) is -2.63. The lowest BCUT2D eigenvalue weighted by Gasteiger charge is -2.34. The quantitative estimate of drug-likeness (QED) is 0.366. The zero-order valence-corrected chi connectivity index (χ0v) is 17.2. The van der Waals surface area contributed by atoms with Gasteiger partial charge in [-0.05, 0) is 50.5 Å². The largest absolute Gasteiger partial charge is 0.533 e. The number of allylic oxidation sites excluding steroid dienone is 3. The smallest absolute Gasteiger partial charge is 0.244 e. The van der Waals surface area contributed by atoms with Crippen LogP contribution >= 0.6 is 0 Å². The van der Waals surface area contributed by atoms with Gasteiger partial charge in [0.15, 0.2) is 5.88 Å². The highest BCUT2D eigenvalue weighted by Gasteiger charge is 2.22. The summed E-state index contributed by atoms with van der Waals surface area (Å²) in [6.45, 7) is 18.7. The average Bonchev–Trinajstić information content (AvgIpc) is 2.36. The van der Waals surface area contributed by atoms with Crippen molar-refractivity contribution in [2.45, 2.75) is 71.0 Å². The number of piperidine rings is 1. The van der Waals surface area contributed by atoms with Crippen LogP contribution in [0.2, 0.25) is 44.8 Å². The number of likely N-dealkylation sites (tertiary alicyclic amines) is 1. The second-order valence-corrected chi connectivity index (χ2v) is 18.4. The van der Waals surface area contributed by atoms with E-state index in [1.807, 2.05) is 0 Å². The minimum Gasteiger partial charge on any atom is -0.533 e. The third kappa shape index (κ3) is 7.36. The van der Waals surface area contributed by atoms with Crippen LogP contribution in [0.5, 0.6) is 0 Å². The van der Waals surface area contributed by atoms with E-state index >= 15 is 0 Å². The molecule has 0 amide bonds. The van der Waals surface area contributed by atoms with E-state index < -0.39 is 16.4 Å². The third-order valence-corrected chi connectivity index (χ3v) is 7.83. The van der Waals surface area contributed by atoms with Crippen molar-refractivity contribution in [1.29, 1.82) is 0 Å². The molecular weight excluding hydrogens is 290 g/mol. The summed E-state index contributed by atoms with van der Waals surface area (Å²) in [5.74, 6) is 1.10. The lowest BCUT2D eigenvalue weighted by Crippen LogP contribution is -2.36. The van der Waals surface area contributed by atoms with Crippen LogP contribution in [-0.4, -0.2) is 34.4 Å². The van der Waals surface area contributed by atoms with Gasteiger partial charge in [0.1, 0.15) is 0 Å². The first-order chi connectivity index (χ1) is 9.59. The molecule has 0 aliphatic carbocycles. The van der Waals surface area contributed by atoms with Gasteiger partial charge in [-0.25, -0.2) is 0 Å². The van der Waals surface area contributed by atoms with Crippen LogP contribution in [-0.2, 0) is 4.43 Å². The molecule has 1 aliphatic heterocycles. The standard InChI is InChI=1S/C17H35NOSi2/c1-16(20(2,3)4)12-11-13-17(19-21(5,6)7)18-14-9-8-10-15-18/h11-13,16H,8-10,14-15H2,1-7H3. The molecule has 0 radical (unpaired) electrons. The molecule has 2 nitrogen and oxygen atoms in total. The molecule has 1 atom stereocenters. The molecule has 122 valence electrons. The van der Waals surface area contributed by atoms with Crippen LogP contribution < -0.4 is 0 Å². The SMILES string of the molecule is CC(C=CC=C(O[Si](C)(C)C)N1CCCCC1)[Si](C)(C)C. The zero-order valence-electron chi connectivity index (χ0n) is 15.2. The maximum absolute atomic E-state index is 6.33. The van der Waals surface area contributed by atoms with E-state index in [2.05, 4.69) is 69.3 Å². The number of rotatable bonds is 6. The van der Waals surface area contributed by atoms with E-state index in [-0.39, 0.29) is 0 Å². The molecular formula is C17H35NOSi2. The average molecular weight is 326 g/mol. The molecule has 0 aromatic rings. The highest BCUT2D eigenvalue weighted by atomic mass is 28.4. The normalized spacial score (nSPS) is 20.0. The Kier molecular flexibility index (Phi) is 6.79. The maximum atomic E-state index is 6.33.